The van der Waals surface area contributed by atoms with E-state index in [0.29, 0.717) is 17.6 Å². The van der Waals surface area contributed by atoms with Crippen LogP contribution in [0.1, 0.15) is 5.56 Å². The summed E-state index contributed by atoms with van der Waals surface area (Å²) >= 11 is 3.13. The molecule has 0 atom stereocenters. The van der Waals surface area contributed by atoms with Gasteiger partial charge in [0.25, 0.3) is 5.69 Å². The Morgan fingerprint density at radius 3 is 2.81 bits per heavy atom. The maximum absolute atomic E-state index is 10.7. The van der Waals surface area contributed by atoms with Gasteiger partial charge in [-0.3, -0.25) is 15.0 Å². The van der Waals surface area contributed by atoms with Crippen molar-refractivity contribution in [2.24, 2.45) is 0 Å². The van der Waals surface area contributed by atoms with Gasteiger partial charge in [0.05, 0.1) is 16.0 Å². The topological polar surface area (TPSA) is 66.6 Å². The fourth-order valence-electron chi connectivity index (χ4n) is 1.36. The zero-order valence-corrected chi connectivity index (χ0v) is 10.5. The predicted molar refractivity (Wildman–Crippen MR) is 64.2 cm³/mol. The van der Waals surface area contributed by atoms with Crippen LogP contribution in [0.25, 0.3) is 0 Å². The van der Waals surface area contributed by atoms with Crippen molar-refractivity contribution in [2.75, 3.05) is 20.2 Å². The number of hydrogen-bond acceptors (Lipinski definition) is 4. The molecule has 1 rings (SSSR count). The number of hydrogen-bond donors (Lipinski definition) is 1. The van der Waals surface area contributed by atoms with Gasteiger partial charge in [-0.15, -0.1) is 0 Å². The molecule has 0 heterocycles. The van der Waals surface area contributed by atoms with Gasteiger partial charge >= 0.3 is 0 Å². The molecule has 0 radical (unpaired) electrons. The normalized spacial score (nSPS) is 10.8. The van der Waals surface area contributed by atoms with E-state index < -0.39 is 4.92 Å². The zero-order chi connectivity index (χ0) is 12.1. The van der Waals surface area contributed by atoms with Gasteiger partial charge in [-0.2, -0.15) is 0 Å². The second-order valence-corrected chi connectivity index (χ2v) is 4.36. The van der Waals surface area contributed by atoms with Crippen LogP contribution in [0.5, 0.6) is 0 Å². The van der Waals surface area contributed by atoms with Gasteiger partial charge in [0.2, 0.25) is 0 Å². The molecule has 0 spiro atoms. The van der Waals surface area contributed by atoms with Crippen molar-refractivity contribution in [3.8, 4) is 0 Å². The number of nitrogens with zero attached hydrogens (tertiary/aromatic N) is 2. The lowest BCUT2D eigenvalue weighted by Gasteiger charge is -2.14. The van der Waals surface area contributed by atoms with E-state index >= 15 is 0 Å². The van der Waals surface area contributed by atoms with E-state index in [4.69, 9.17) is 5.11 Å². The van der Waals surface area contributed by atoms with Gasteiger partial charge in [-0.05, 0) is 34.6 Å². The van der Waals surface area contributed by atoms with Crippen LogP contribution in [0.3, 0.4) is 0 Å². The van der Waals surface area contributed by atoms with E-state index in [1.165, 1.54) is 6.07 Å². The highest BCUT2D eigenvalue weighted by molar-refractivity contribution is 9.10. The Bertz CT molecular complexity index is 384. The molecule has 88 valence electrons. The minimum Gasteiger partial charge on any atom is -0.395 e. The first kappa shape index (κ1) is 13.1. The molecule has 1 N–H and O–H groups in total. The number of likely N-dealkylation sites (N-methyl/N-ethyl adjacent to an activating group) is 1. The molecule has 0 fully saturated rings. The highest BCUT2D eigenvalue weighted by Crippen LogP contribution is 2.25. The molecule has 5 nitrogen and oxygen atoms in total. The standard InChI is InChI=1S/C10H13BrN2O3/c1-12(4-5-14)7-8-2-3-9(11)10(6-8)13(15)16/h2-3,6,14H,4-5,7H2,1H3. The van der Waals surface area contributed by atoms with Gasteiger partial charge < -0.3 is 5.11 Å². The Morgan fingerprint density at radius 1 is 1.56 bits per heavy atom. The minimum atomic E-state index is -0.417. The van der Waals surface area contributed by atoms with Crippen LogP contribution in [0.15, 0.2) is 22.7 Å². The average Bonchev–Trinajstić information content (AvgIpc) is 2.21. The van der Waals surface area contributed by atoms with Crippen LogP contribution in [-0.2, 0) is 6.54 Å². The summed E-state index contributed by atoms with van der Waals surface area (Å²) < 4.78 is 0.478. The third-order valence-corrected chi connectivity index (χ3v) is 2.81. The number of benzene rings is 1. The molecule has 0 bridgehead atoms. The third-order valence-electron chi connectivity index (χ3n) is 2.14. The lowest BCUT2D eigenvalue weighted by molar-refractivity contribution is -0.385. The summed E-state index contributed by atoms with van der Waals surface area (Å²) in [5.74, 6) is 0. The number of halogens is 1. The van der Waals surface area contributed by atoms with Crippen LogP contribution >= 0.6 is 15.9 Å². The van der Waals surface area contributed by atoms with E-state index in [2.05, 4.69) is 15.9 Å². The summed E-state index contributed by atoms with van der Waals surface area (Å²) in [6, 6.07) is 5.03. The van der Waals surface area contributed by atoms with E-state index in [-0.39, 0.29) is 12.3 Å². The maximum atomic E-state index is 10.7. The zero-order valence-electron chi connectivity index (χ0n) is 8.89. The quantitative estimate of drug-likeness (QED) is 0.663. The SMILES string of the molecule is CN(CCO)Cc1ccc(Br)c([N+](=O)[O-])c1. The van der Waals surface area contributed by atoms with Crippen molar-refractivity contribution >= 4 is 21.6 Å². The lowest BCUT2D eigenvalue weighted by Crippen LogP contribution is -2.21. The minimum absolute atomic E-state index is 0.0647. The molecule has 0 aliphatic carbocycles. The van der Waals surface area contributed by atoms with Gasteiger partial charge in [0.1, 0.15) is 0 Å². The first-order valence-corrected chi connectivity index (χ1v) is 5.56. The molecule has 1 aromatic carbocycles. The highest BCUT2D eigenvalue weighted by Gasteiger charge is 2.12. The van der Waals surface area contributed by atoms with Crippen molar-refractivity contribution in [1.29, 1.82) is 0 Å². The molecule has 0 aliphatic rings. The number of rotatable bonds is 5. The molecule has 0 unspecified atom stereocenters. The molecule has 16 heavy (non-hydrogen) atoms. The molecular formula is C10H13BrN2O3. The van der Waals surface area contributed by atoms with Crippen LogP contribution in [0.4, 0.5) is 5.69 Å². The van der Waals surface area contributed by atoms with Crippen molar-refractivity contribution in [2.45, 2.75) is 6.54 Å². The molecule has 1 aromatic rings. The first-order valence-electron chi connectivity index (χ1n) is 4.77. The smallest absolute Gasteiger partial charge is 0.283 e. The molecule has 0 amide bonds. The fourth-order valence-corrected chi connectivity index (χ4v) is 1.75. The Labute approximate surface area is 102 Å². The number of nitro benzene ring substituents is 1. The molecule has 0 aliphatic heterocycles. The monoisotopic (exact) mass is 288 g/mol. The number of aliphatic hydroxyl groups excluding tert-OH is 1. The summed E-state index contributed by atoms with van der Waals surface area (Å²) in [6.07, 6.45) is 0. The summed E-state index contributed by atoms with van der Waals surface area (Å²) in [7, 11) is 1.85. The fraction of sp³-hybridized carbons (Fsp3) is 0.400. The second-order valence-electron chi connectivity index (χ2n) is 3.50. The maximum Gasteiger partial charge on any atom is 0.283 e. The number of aliphatic hydroxyl groups is 1. The Balaban J connectivity index is 2.82. The highest BCUT2D eigenvalue weighted by atomic mass is 79.9. The largest absolute Gasteiger partial charge is 0.395 e. The second kappa shape index (κ2) is 5.93. The van der Waals surface area contributed by atoms with E-state index in [9.17, 15) is 10.1 Å². The number of nitro groups is 1. The van der Waals surface area contributed by atoms with E-state index in [1.54, 1.807) is 6.07 Å². The molecule has 6 heteroatoms. The van der Waals surface area contributed by atoms with E-state index in [1.807, 2.05) is 18.0 Å². The molecule has 0 saturated carbocycles. The summed E-state index contributed by atoms with van der Waals surface area (Å²) in [6.45, 7) is 1.20. The van der Waals surface area contributed by atoms with Crippen molar-refractivity contribution in [3.63, 3.8) is 0 Å². The lowest BCUT2D eigenvalue weighted by atomic mass is 10.2. The average molecular weight is 289 g/mol. The molecular weight excluding hydrogens is 276 g/mol. The van der Waals surface area contributed by atoms with Gasteiger partial charge in [-0.25, -0.2) is 0 Å². The molecule has 0 saturated heterocycles. The Morgan fingerprint density at radius 2 is 2.25 bits per heavy atom. The van der Waals surface area contributed by atoms with Crippen LogP contribution in [0.2, 0.25) is 0 Å². The summed E-state index contributed by atoms with van der Waals surface area (Å²) in [4.78, 5) is 12.2. The third kappa shape index (κ3) is 3.55. The summed E-state index contributed by atoms with van der Waals surface area (Å²) in [5, 5.41) is 19.5. The first-order chi connectivity index (χ1) is 7.54. The van der Waals surface area contributed by atoms with E-state index in [0.717, 1.165) is 5.56 Å². The Kier molecular flexibility index (Phi) is 4.85. The van der Waals surface area contributed by atoms with Crippen molar-refractivity contribution in [3.05, 3.63) is 38.3 Å². The Hall–Kier alpha value is -0.980. The van der Waals surface area contributed by atoms with Gasteiger partial charge in [0.15, 0.2) is 0 Å². The molecule has 0 aromatic heterocycles. The van der Waals surface area contributed by atoms with Crippen LogP contribution < -0.4 is 0 Å². The van der Waals surface area contributed by atoms with Crippen molar-refractivity contribution < 1.29 is 10.0 Å². The predicted octanol–water partition coefficient (Wildman–Crippen LogP) is 1.78. The summed E-state index contributed by atoms with van der Waals surface area (Å²) in [5.41, 5.74) is 0.917. The van der Waals surface area contributed by atoms with Crippen LogP contribution in [0, 0.1) is 10.1 Å². The van der Waals surface area contributed by atoms with Crippen LogP contribution in [-0.4, -0.2) is 35.1 Å². The van der Waals surface area contributed by atoms with Gasteiger partial charge in [0, 0.05) is 19.2 Å². The van der Waals surface area contributed by atoms with Crippen molar-refractivity contribution in [1.82, 2.24) is 4.90 Å². The van der Waals surface area contributed by atoms with Gasteiger partial charge in [-0.1, -0.05) is 6.07 Å².